The quantitative estimate of drug-likeness (QED) is 0.768. The van der Waals surface area contributed by atoms with Gasteiger partial charge in [-0.1, -0.05) is 17.2 Å². The van der Waals surface area contributed by atoms with Gasteiger partial charge in [0.05, 0.1) is 28.6 Å². The van der Waals surface area contributed by atoms with Crippen LogP contribution in [0.1, 0.15) is 36.8 Å². The molecule has 0 saturated heterocycles. The molecule has 21 heavy (non-hydrogen) atoms. The molecule has 2 heterocycles. The van der Waals surface area contributed by atoms with Crippen LogP contribution in [0, 0.1) is 6.92 Å². The van der Waals surface area contributed by atoms with Gasteiger partial charge in [-0.3, -0.25) is 9.59 Å². The number of nitrogens with zero attached hydrogens (tertiary/aromatic N) is 3. The number of fused-ring (bicyclic) bond motifs is 1. The second-order valence-electron chi connectivity index (χ2n) is 4.36. The number of carbonyl (C=O) groups is 3. The maximum absolute atomic E-state index is 12.1. The second kappa shape index (κ2) is 4.78. The van der Waals surface area contributed by atoms with Gasteiger partial charge in [-0.15, -0.1) is 0 Å². The lowest BCUT2D eigenvalue weighted by atomic mass is 10.1. The van der Waals surface area contributed by atoms with E-state index < -0.39 is 17.8 Å². The van der Waals surface area contributed by atoms with Crippen LogP contribution in [-0.4, -0.2) is 33.0 Å². The number of rotatable bonds is 2. The van der Waals surface area contributed by atoms with Crippen molar-refractivity contribution < 1.29 is 19.2 Å². The fourth-order valence-electron chi connectivity index (χ4n) is 2.00. The zero-order valence-corrected chi connectivity index (χ0v) is 10.9. The van der Waals surface area contributed by atoms with Crippen molar-refractivity contribution in [3.8, 4) is 0 Å². The van der Waals surface area contributed by atoms with E-state index in [2.05, 4.69) is 10.2 Å². The Morgan fingerprint density at radius 3 is 2.29 bits per heavy atom. The lowest BCUT2D eigenvalue weighted by molar-refractivity contribution is -0.0585. The number of carbonyl (C=O) groups excluding carboxylic acids is 3. The van der Waals surface area contributed by atoms with Crippen LogP contribution in [-0.2, 0) is 4.84 Å². The van der Waals surface area contributed by atoms with Crippen molar-refractivity contribution in [3.63, 3.8) is 0 Å². The zero-order valence-electron chi connectivity index (χ0n) is 10.9. The number of aromatic nitrogens is 2. The lowest BCUT2D eigenvalue weighted by Gasteiger charge is -2.12. The third-order valence-corrected chi connectivity index (χ3v) is 3.06. The Labute approximate surface area is 119 Å². The summed E-state index contributed by atoms with van der Waals surface area (Å²) >= 11 is 0. The minimum Gasteiger partial charge on any atom is -0.324 e. The van der Waals surface area contributed by atoms with Crippen molar-refractivity contribution in [1.82, 2.24) is 15.3 Å². The first kappa shape index (κ1) is 12.9. The molecule has 3 rings (SSSR count). The molecule has 0 spiro atoms. The highest BCUT2D eigenvalue weighted by molar-refractivity contribution is 6.21. The Morgan fingerprint density at radius 1 is 1.10 bits per heavy atom. The molecule has 0 atom stereocenters. The van der Waals surface area contributed by atoms with Crippen molar-refractivity contribution in [2.24, 2.45) is 0 Å². The average molecular weight is 283 g/mol. The molecule has 0 N–H and O–H groups in total. The van der Waals surface area contributed by atoms with Gasteiger partial charge in [0.25, 0.3) is 11.8 Å². The molecule has 2 aromatic rings. The first-order valence-electron chi connectivity index (χ1n) is 6.08. The molecule has 0 bridgehead atoms. The van der Waals surface area contributed by atoms with Gasteiger partial charge in [0.2, 0.25) is 0 Å². The Bertz CT molecular complexity index is 737. The topological polar surface area (TPSA) is 89.5 Å². The van der Waals surface area contributed by atoms with Crippen LogP contribution in [0.15, 0.2) is 36.5 Å². The smallest absolute Gasteiger partial charge is 0.324 e. The molecule has 0 fully saturated rings. The van der Waals surface area contributed by atoms with Gasteiger partial charge in [-0.25, -0.2) is 4.79 Å². The molecule has 0 saturated carbocycles. The molecule has 1 aromatic carbocycles. The lowest BCUT2D eigenvalue weighted by Crippen LogP contribution is -2.33. The van der Waals surface area contributed by atoms with E-state index in [1.54, 1.807) is 19.1 Å². The maximum atomic E-state index is 12.1. The Morgan fingerprint density at radius 2 is 1.71 bits per heavy atom. The summed E-state index contributed by atoms with van der Waals surface area (Å²) in [5.74, 6) is -2.16. The molecule has 0 radical (unpaired) electrons. The number of benzene rings is 1. The number of hydroxylamine groups is 2. The highest BCUT2D eigenvalue weighted by Gasteiger charge is 2.38. The van der Waals surface area contributed by atoms with E-state index in [4.69, 9.17) is 4.84 Å². The SMILES string of the molecule is Cc1nnccc1C(=O)ON1C(=O)c2ccccc2C1=O. The Kier molecular flexibility index (Phi) is 2.94. The molecule has 104 valence electrons. The van der Waals surface area contributed by atoms with E-state index in [9.17, 15) is 14.4 Å². The summed E-state index contributed by atoms with van der Waals surface area (Å²) in [6, 6.07) is 7.67. The summed E-state index contributed by atoms with van der Waals surface area (Å²) < 4.78 is 0. The molecule has 1 aromatic heterocycles. The average Bonchev–Trinajstić information content (AvgIpc) is 2.73. The van der Waals surface area contributed by atoms with Gasteiger partial charge in [0.15, 0.2) is 0 Å². The number of hydrogen-bond acceptors (Lipinski definition) is 6. The highest BCUT2D eigenvalue weighted by Crippen LogP contribution is 2.23. The molecule has 7 heteroatoms. The van der Waals surface area contributed by atoms with Gasteiger partial charge < -0.3 is 4.84 Å². The van der Waals surface area contributed by atoms with E-state index in [1.165, 1.54) is 24.4 Å². The van der Waals surface area contributed by atoms with Crippen LogP contribution >= 0.6 is 0 Å². The van der Waals surface area contributed by atoms with E-state index in [-0.39, 0.29) is 16.7 Å². The summed E-state index contributed by atoms with van der Waals surface area (Å²) in [7, 11) is 0. The first-order chi connectivity index (χ1) is 10.1. The molecular weight excluding hydrogens is 274 g/mol. The summed E-state index contributed by atoms with van der Waals surface area (Å²) in [6.45, 7) is 1.58. The summed E-state index contributed by atoms with van der Waals surface area (Å²) in [6.07, 6.45) is 1.33. The maximum Gasteiger partial charge on any atom is 0.365 e. The standard InChI is InChI=1S/C14H9N3O4/c1-8-9(6-7-15-16-8)14(20)21-17-12(18)10-4-2-3-5-11(10)13(17)19/h2-7H,1H3. The minimum atomic E-state index is -0.836. The van der Waals surface area contributed by atoms with E-state index in [0.29, 0.717) is 10.8 Å². The predicted molar refractivity (Wildman–Crippen MR) is 69.1 cm³/mol. The molecule has 1 aliphatic rings. The predicted octanol–water partition coefficient (Wildman–Crippen LogP) is 1.15. The van der Waals surface area contributed by atoms with Gasteiger partial charge >= 0.3 is 5.97 Å². The second-order valence-corrected chi connectivity index (χ2v) is 4.36. The normalized spacial score (nSPS) is 13.3. The molecule has 1 aliphatic heterocycles. The van der Waals surface area contributed by atoms with Crippen LogP contribution in [0.3, 0.4) is 0 Å². The largest absolute Gasteiger partial charge is 0.365 e. The van der Waals surface area contributed by atoms with Gasteiger partial charge in [-0.05, 0) is 25.1 Å². The van der Waals surface area contributed by atoms with Gasteiger partial charge in [-0.2, -0.15) is 10.2 Å². The highest BCUT2D eigenvalue weighted by atomic mass is 16.7. The van der Waals surface area contributed by atoms with Crippen molar-refractivity contribution in [3.05, 3.63) is 58.9 Å². The van der Waals surface area contributed by atoms with Crippen molar-refractivity contribution >= 4 is 17.8 Å². The van der Waals surface area contributed by atoms with Crippen LogP contribution in [0.4, 0.5) is 0 Å². The molecular formula is C14H9N3O4. The number of amides is 2. The van der Waals surface area contributed by atoms with Crippen LogP contribution in [0.25, 0.3) is 0 Å². The summed E-state index contributed by atoms with van der Waals surface area (Å²) in [5, 5.41) is 7.79. The minimum absolute atomic E-state index is 0.140. The van der Waals surface area contributed by atoms with Crippen LogP contribution < -0.4 is 0 Å². The first-order valence-corrected chi connectivity index (χ1v) is 6.08. The Hall–Kier alpha value is -3.09. The van der Waals surface area contributed by atoms with Crippen molar-refractivity contribution in [2.75, 3.05) is 0 Å². The molecule has 0 aliphatic carbocycles. The Balaban J connectivity index is 1.88. The van der Waals surface area contributed by atoms with E-state index >= 15 is 0 Å². The monoisotopic (exact) mass is 283 g/mol. The number of hydrogen-bond donors (Lipinski definition) is 0. The summed E-state index contributed by atoms with van der Waals surface area (Å²) in [4.78, 5) is 41.1. The van der Waals surface area contributed by atoms with Crippen molar-refractivity contribution in [1.29, 1.82) is 0 Å². The summed E-state index contributed by atoms with van der Waals surface area (Å²) in [5.41, 5.74) is 0.903. The third-order valence-electron chi connectivity index (χ3n) is 3.06. The molecule has 2 amide bonds. The van der Waals surface area contributed by atoms with Crippen LogP contribution in [0.5, 0.6) is 0 Å². The zero-order chi connectivity index (χ0) is 15.0. The third kappa shape index (κ3) is 2.04. The fourth-order valence-corrected chi connectivity index (χ4v) is 2.00. The molecule has 0 unspecified atom stereocenters. The molecule has 7 nitrogen and oxygen atoms in total. The van der Waals surface area contributed by atoms with Crippen LogP contribution in [0.2, 0.25) is 0 Å². The number of imide groups is 1. The van der Waals surface area contributed by atoms with E-state index in [0.717, 1.165) is 0 Å². The fraction of sp³-hybridized carbons (Fsp3) is 0.0714. The van der Waals surface area contributed by atoms with Gasteiger partial charge in [0.1, 0.15) is 0 Å². The van der Waals surface area contributed by atoms with Crippen molar-refractivity contribution in [2.45, 2.75) is 6.92 Å². The van der Waals surface area contributed by atoms with E-state index in [1.807, 2.05) is 0 Å². The van der Waals surface area contributed by atoms with Gasteiger partial charge in [0, 0.05) is 0 Å². The number of aryl methyl sites for hydroxylation is 1.